The number of hydrogen-bond donors (Lipinski definition) is 2. The molecule has 0 aliphatic carbocycles. The largest absolute Gasteiger partial charge is 0.392 e. The number of sulfonamides is 1. The molecule has 2 aromatic rings. The van der Waals surface area contributed by atoms with Crippen LogP contribution < -0.4 is 4.72 Å². The van der Waals surface area contributed by atoms with Crippen LogP contribution in [0.5, 0.6) is 0 Å². The van der Waals surface area contributed by atoms with Crippen molar-refractivity contribution in [1.29, 1.82) is 0 Å². The number of hydrogen-bond acceptors (Lipinski definition) is 3. The third-order valence-corrected chi connectivity index (χ3v) is 5.15. The first-order valence-corrected chi connectivity index (χ1v) is 8.36. The highest BCUT2D eigenvalue weighted by Gasteiger charge is 2.19. The van der Waals surface area contributed by atoms with Crippen LogP contribution in [-0.2, 0) is 16.6 Å². The van der Waals surface area contributed by atoms with Gasteiger partial charge in [-0.3, -0.25) is 4.72 Å². The fraction of sp³-hybridized carbons (Fsp3) is 0.0769. The number of aliphatic hydroxyl groups excluding tert-OH is 1. The summed E-state index contributed by atoms with van der Waals surface area (Å²) in [6.45, 7) is -0.313. The molecule has 0 bridgehead atoms. The molecule has 0 aliphatic heterocycles. The lowest BCUT2D eigenvalue weighted by molar-refractivity contribution is 0.281. The predicted molar refractivity (Wildman–Crippen MR) is 82.3 cm³/mol. The molecule has 2 rings (SSSR count). The van der Waals surface area contributed by atoms with Crippen LogP contribution in [0.3, 0.4) is 0 Å². The Bertz CT molecular complexity index is 783. The monoisotopic (exact) mass is 393 g/mol. The highest BCUT2D eigenvalue weighted by Crippen LogP contribution is 2.26. The second kappa shape index (κ2) is 6.31. The van der Waals surface area contributed by atoms with Gasteiger partial charge in [0.2, 0.25) is 0 Å². The van der Waals surface area contributed by atoms with Gasteiger partial charge >= 0.3 is 0 Å². The van der Waals surface area contributed by atoms with E-state index in [1.54, 1.807) is 0 Å². The molecule has 0 radical (unpaired) electrons. The average Bonchev–Trinajstić information content (AvgIpc) is 2.43. The summed E-state index contributed by atoms with van der Waals surface area (Å²) in [5.41, 5.74) is 0.475. The molecule has 112 valence electrons. The molecule has 0 aliphatic rings. The summed E-state index contributed by atoms with van der Waals surface area (Å²) < 4.78 is 40.4. The van der Waals surface area contributed by atoms with Crippen molar-refractivity contribution in [3.05, 3.63) is 57.3 Å². The first-order chi connectivity index (χ1) is 9.83. The van der Waals surface area contributed by atoms with Gasteiger partial charge in [0, 0.05) is 0 Å². The first kappa shape index (κ1) is 16.2. The highest BCUT2D eigenvalue weighted by molar-refractivity contribution is 9.10. The molecule has 2 N–H and O–H groups in total. The number of anilines is 1. The van der Waals surface area contributed by atoms with Crippen LogP contribution in [0, 0.1) is 5.82 Å². The van der Waals surface area contributed by atoms with E-state index in [1.807, 2.05) is 0 Å². The molecule has 21 heavy (non-hydrogen) atoms. The molecule has 0 fully saturated rings. The minimum absolute atomic E-state index is 0.0114. The Morgan fingerprint density at radius 2 is 1.95 bits per heavy atom. The van der Waals surface area contributed by atoms with E-state index in [-0.39, 0.29) is 26.7 Å². The van der Waals surface area contributed by atoms with Crippen molar-refractivity contribution >= 4 is 43.2 Å². The second-order valence-corrected chi connectivity index (χ2v) is 7.07. The molecular weight excluding hydrogens is 385 g/mol. The summed E-state index contributed by atoms with van der Waals surface area (Å²) in [7, 11) is -3.98. The van der Waals surface area contributed by atoms with Gasteiger partial charge in [-0.2, -0.15) is 0 Å². The van der Waals surface area contributed by atoms with Crippen LogP contribution in [0.15, 0.2) is 45.8 Å². The van der Waals surface area contributed by atoms with Gasteiger partial charge in [0.15, 0.2) is 0 Å². The van der Waals surface area contributed by atoms with Crippen molar-refractivity contribution < 1.29 is 17.9 Å². The third-order valence-electron chi connectivity index (χ3n) is 2.64. The summed E-state index contributed by atoms with van der Waals surface area (Å²) in [5.74, 6) is -0.592. The average molecular weight is 395 g/mol. The Labute approximate surface area is 134 Å². The quantitative estimate of drug-likeness (QED) is 0.833. The van der Waals surface area contributed by atoms with Crippen molar-refractivity contribution in [2.45, 2.75) is 11.5 Å². The lowest BCUT2D eigenvalue weighted by Gasteiger charge is -2.11. The Morgan fingerprint density at radius 3 is 2.57 bits per heavy atom. The second-order valence-electron chi connectivity index (χ2n) is 4.16. The molecule has 4 nitrogen and oxygen atoms in total. The summed E-state index contributed by atoms with van der Waals surface area (Å²) in [5, 5.41) is 9.07. The van der Waals surface area contributed by atoms with Crippen molar-refractivity contribution in [2.75, 3.05) is 4.72 Å². The Hall–Kier alpha value is -1.15. The van der Waals surface area contributed by atoms with Crippen LogP contribution >= 0.6 is 27.5 Å². The molecule has 0 aromatic heterocycles. The fourth-order valence-electron chi connectivity index (χ4n) is 1.62. The maximum atomic E-state index is 13.4. The molecule has 0 atom stereocenters. The van der Waals surface area contributed by atoms with E-state index < -0.39 is 15.8 Å². The number of benzene rings is 2. The van der Waals surface area contributed by atoms with Gasteiger partial charge in [-0.05, 0) is 51.8 Å². The Morgan fingerprint density at radius 1 is 1.24 bits per heavy atom. The topological polar surface area (TPSA) is 66.4 Å². The number of nitrogens with one attached hydrogen (secondary N) is 1. The summed E-state index contributed by atoms with van der Waals surface area (Å²) >= 11 is 8.86. The SMILES string of the molecule is O=S(=O)(Nc1ccc(Br)c(F)c1)c1cc(CO)ccc1Cl. The van der Waals surface area contributed by atoms with E-state index in [0.717, 1.165) is 6.07 Å². The van der Waals surface area contributed by atoms with E-state index in [0.29, 0.717) is 5.56 Å². The van der Waals surface area contributed by atoms with Crippen molar-refractivity contribution in [3.8, 4) is 0 Å². The van der Waals surface area contributed by atoms with Gasteiger partial charge in [-0.15, -0.1) is 0 Å². The normalized spacial score (nSPS) is 11.4. The lowest BCUT2D eigenvalue weighted by atomic mass is 10.2. The number of aliphatic hydroxyl groups is 1. The zero-order valence-electron chi connectivity index (χ0n) is 10.5. The van der Waals surface area contributed by atoms with Gasteiger partial charge in [0.25, 0.3) is 10.0 Å². The summed E-state index contributed by atoms with van der Waals surface area (Å²) in [4.78, 5) is -0.181. The van der Waals surface area contributed by atoms with Gasteiger partial charge in [-0.1, -0.05) is 17.7 Å². The molecule has 0 saturated carbocycles. The molecule has 0 amide bonds. The zero-order chi connectivity index (χ0) is 15.6. The van der Waals surface area contributed by atoms with Gasteiger partial charge < -0.3 is 5.11 Å². The lowest BCUT2D eigenvalue weighted by Crippen LogP contribution is -2.14. The smallest absolute Gasteiger partial charge is 0.263 e. The molecular formula is C13H10BrClFNO3S. The van der Waals surface area contributed by atoms with Crippen molar-refractivity contribution in [3.63, 3.8) is 0 Å². The first-order valence-electron chi connectivity index (χ1n) is 5.70. The van der Waals surface area contributed by atoms with Gasteiger partial charge in [-0.25, -0.2) is 12.8 Å². The van der Waals surface area contributed by atoms with Crippen molar-refractivity contribution in [2.24, 2.45) is 0 Å². The van der Waals surface area contributed by atoms with E-state index in [4.69, 9.17) is 16.7 Å². The fourth-order valence-corrected chi connectivity index (χ4v) is 3.47. The van der Waals surface area contributed by atoms with Crippen molar-refractivity contribution in [1.82, 2.24) is 0 Å². The van der Waals surface area contributed by atoms with Crippen LogP contribution in [0.2, 0.25) is 5.02 Å². The summed E-state index contributed by atoms with van der Waals surface area (Å²) in [6.07, 6.45) is 0. The standard InChI is InChI=1S/C13H10BrClFNO3S/c14-10-3-2-9(6-12(10)16)17-21(19,20)13-5-8(7-18)1-4-11(13)15/h1-6,17-18H,7H2. The number of rotatable bonds is 4. The van der Waals surface area contributed by atoms with Crippen LogP contribution in [0.1, 0.15) is 5.56 Å². The van der Waals surface area contributed by atoms with E-state index >= 15 is 0 Å². The van der Waals surface area contributed by atoms with Crippen LogP contribution in [0.25, 0.3) is 0 Å². The van der Waals surface area contributed by atoms with Gasteiger partial charge in [0.1, 0.15) is 10.7 Å². The minimum Gasteiger partial charge on any atom is -0.392 e. The zero-order valence-corrected chi connectivity index (χ0v) is 13.6. The Balaban J connectivity index is 2.40. The van der Waals surface area contributed by atoms with E-state index in [1.165, 1.54) is 30.3 Å². The van der Waals surface area contributed by atoms with Gasteiger partial charge in [0.05, 0.1) is 21.8 Å². The molecule has 0 heterocycles. The highest BCUT2D eigenvalue weighted by atomic mass is 79.9. The predicted octanol–water partition coefficient (Wildman–Crippen LogP) is 3.53. The molecule has 2 aromatic carbocycles. The number of halogens is 3. The van der Waals surface area contributed by atoms with E-state index in [2.05, 4.69) is 20.7 Å². The van der Waals surface area contributed by atoms with Crippen LogP contribution in [0.4, 0.5) is 10.1 Å². The molecule has 8 heteroatoms. The van der Waals surface area contributed by atoms with Crippen LogP contribution in [-0.4, -0.2) is 13.5 Å². The molecule has 0 spiro atoms. The maximum absolute atomic E-state index is 13.4. The van der Waals surface area contributed by atoms with E-state index in [9.17, 15) is 12.8 Å². The molecule has 0 saturated heterocycles. The summed E-state index contributed by atoms with van der Waals surface area (Å²) in [6, 6.07) is 8.00. The maximum Gasteiger partial charge on any atom is 0.263 e. The Kier molecular flexibility index (Phi) is 4.88. The minimum atomic E-state index is -3.98. The third kappa shape index (κ3) is 3.74. The molecule has 0 unspecified atom stereocenters.